The number of ketones is 1. The lowest BCUT2D eigenvalue weighted by Gasteiger charge is -2.30. The summed E-state index contributed by atoms with van der Waals surface area (Å²) in [6, 6.07) is 15.4. The van der Waals surface area contributed by atoms with Crippen LogP contribution in [0.25, 0.3) is 15.9 Å². The Balaban J connectivity index is 1.79. The summed E-state index contributed by atoms with van der Waals surface area (Å²) in [5.41, 5.74) is 0.793. The van der Waals surface area contributed by atoms with E-state index in [0.29, 0.717) is 32.9 Å². The molecular weight excluding hydrogens is 460 g/mol. The summed E-state index contributed by atoms with van der Waals surface area (Å²) < 4.78 is 8.93. The summed E-state index contributed by atoms with van der Waals surface area (Å²) in [4.78, 5) is 41.3. The van der Waals surface area contributed by atoms with Gasteiger partial charge in [0.15, 0.2) is 5.78 Å². The quantitative estimate of drug-likeness (QED) is 0.400. The maximum atomic E-state index is 13.7. The van der Waals surface area contributed by atoms with Crippen LogP contribution in [0.5, 0.6) is 0 Å². The fourth-order valence-corrected chi connectivity index (χ4v) is 5.82. The van der Waals surface area contributed by atoms with Crippen LogP contribution in [-0.4, -0.2) is 20.5 Å². The number of Topliss-reactive ketones (excluding diaryl/α,β-unsaturated/α-hetero) is 1. The van der Waals surface area contributed by atoms with Gasteiger partial charge in [-0.1, -0.05) is 48.0 Å². The third kappa shape index (κ3) is 3.86. The molecule has 0 bridgehead atoms. The highest BCUT2D eigenvalue weighted by Gasteiger charge is 2.32. The second-order valence-corrected chi connectivity index (χ2v) is 10.2. The van der Waals surface area contributed by atoms with E-state index in [9.17, 15) is 14.4 Å². The molecule has 0 saturated heterocycles. The maximum absolute atomic E-state index is 13.7. The molecule has 0 atom stereocenters. The van der Waals surface area contributed by atoms with E-state index < -0.39 is 11.2 Å². The first kappa shape index (κ1) is 21.8. The number of aromatic nitrogens is 2. The normalized spacial score (nSPS) is 14.9. The zero-order valence-corrected chi connectivity index (χ0v) is 19.7. The van der Waals surface area contributed by atoms with Crippen molar-refractivity contribution in [2.75, 3.05) is 0 Å². The molecule has 0 N–H and O–H groups in total. The van der Waals surface area contributed by atoms with Gasteiger partial charge < -0.3 is 4.74 Å². The van der Waals surface area contributed by atoms with Crippen molar-refractivity contribution in [1.29, 1.82) is 0 Å². The van der Waals surface area contributed by atoms with Gasteiger partial charge in [-0.3, -0.25) is 14.2 Å². The van der Waals surface area contributed by atoms with Crippen molar-refractivity contribution in [2.24, 2.45) is 0 Å². The van der Waals surface area contributed by atoms with Crippen molar-refractivity contribution in [3.63, 3.8) is 0 Å². The molecule has 1 aliphatic rings. The molecule has 0 radical (unpaired) electrons. The van der Waals surface area contributed by atoms with Crippen LogP contribution in [0.3, 0.4) is 0 Å². The fourth-order valence-electron chi connectivity index (χ4n) is 4.18. The smallest absolute Gasteiger partial charge is 0.336 e. The first-order chi connectivity index (χ1) is 15.7. The molecule has 3 heterocycles. The Hall–Kier alpha value is -3.00. The molecule has 0 unspecified atom stereocenters. The van der Waals surface area contributed by atoms with Crippen molar-refractivity contribution in [2.45, 2.75) is 39.0 Å². The van der Waals surface area contributed by atoms with Crippen LogP contribution in [0.15, 0.2) is 64.2 Å². The zero-order valence-electron chi connectivity index (χ0n) is 18.1. The molecule has 2 aromatic carbocycles. The molecule has 0 spiro atoms. The highest BCUT2D eigenvalue weighted by Crippen LogP contribution is 2.37. The highest BCUT2D eigenvalue weighted by atomic mass is 35.5. The SMILES string of the molecule is CC1(C)Cc2sc3c(=O)n(-c4cccc(Cl)c4)c(=O)n(CC(=O)c4ccccc4)c3c2CO1. The number of nitrogens with zero attached hydrogens (tertiary/aromatic N) is 2. The number of thiophene rings is 1. The molecule has 4 aromatic rings. The number of hydrogen-bond acceptors (Lipinski definition) is 5. The van der Waals surface area contributed by atoms with E-state index in [1.165, 1.54) is 15.9 Å². The van der Waals surface area contributed by atoms with Gasteiger partial charge in [-0.2, -0.15) is 0 Å². The number of ether oxygens (including phenoxy) is 1. The molecule has 0 saturated carbocycles. The van der Waals surface area contributed by atoms with E-state index in [4.69, 9.17) is 16.3 Å². The summed E-state index contributed by atoms with van der Waals surface area (Å²) in [7, 11) is 0. The van der Waals surface area contributed by atoms with Gasteiger partial charge in [0.1, 0.15) is 4.70 Å². The first-order valence-electron chi connectivity index (χ1n) is 10.5. The van der Waals surface area contributed by atoms with Crippen LogP contribution in [0.4, 0.5) is 0 Å². The van der Waals surface area contributed by atoms with Gasteiger partial charge in [0.25, 0.3) is 5.56 Å². The van der Waals surface area contributed by atoms with Gasteiger partial charge in [0, 0.05) is 27.4 Å². The molecule has 0 aliphatic carbocycles. The zero-order chi connectivity index (χ0) is 23.3. The van der Waals surface area contributed by atoms with Crippen molar-refractivity contribution in [3.8, 4) is 5.69 Å². The van der Waals surface area contributed by atoms with Crippen molar-refractivity contribution >= 4 is 38.9 Å². The Morgan fingerprint density at radius 3 is 2.61 bits per heavy atom. The lowest BCUT2D eigenvalue weighted by atomic mass is 9.98. The van der Waals surface area contributed by atoms with Gasteiger partial charge in [0.05, 0.1) is 30.0 Å². The van der Waals surface area contributed by atoms with E-state index in [1.54, 1.807) is 48.5 Å². The predicted molar refractivity (Wildman–Crippen MR) is 130 cm³/mol. The van der Waals surface area contributed by atoms with Crippen LogP contribution in [0, 0.1) is 0 Å². The third-order valence-corrected chi connectivity index (χ3v) is 7.25. The standard InChI is InChI=1S/C25H21ClN2O4S/c1-25(2)12-20-18(14-32-25)21-22(33-20)23(30)28(17-10-6-9-16(26)11-17)24(31)27(21)13-19(29)15-7-4-3-5-8-15/h3-11H,12-14H2,1-2H3. The molecular formula is C25H21ClN2O4S. The first-order valence-corrected chi connectivity index (χ1v) is 11.7. The van der Waals surface area contributed by atoms with Gasteiger partial charge in [-0.15, -0.1) is 11.3 Å². The van der Waals surface area contributed by atoms with E-state index in [0.717, 1.165) is 15.0 Å². The summed E-state index contributed by atoms with van der Waals surface area (Å²) in [5.74, 6) is -0.215. The minimum Gasteiger partial charge on any atom is -0.370 e. The van der Waals surface area contributed by atoms with Crippen LogP contribution in [-0.2, 0) is 24.3 Å². The minimum atomic E-state index is -0.579. The Labute approximate surface area is 198 Å². The van der Waals surface area contributed by atoms with E-state index >= 15 is 0 Å². The lowest BCUT2D eigenvalue weighted by Crippen LogP contribution is -2.40. The Bertz CT molecular complexity index is 1520. The number of rotatable bonds is 4. The number of carbonyl (C=O) groups excluding carboxylic acids is 1. The molecule has 168 valence electrons. The van der Waals surface area contributed by atoms with Crippen molar-refractivity contribution in [3.05, 3.63) is 96.5 Å². The second kappa shape index (κ2) is 8.09. The Morgan fingerprint density at radius 2 is 1.88 bits per heavy atom. The van der Waals surface area contributed by atoms with Gasteiger partial charge in [0.2, 0.25) is 0 Å². The third-order valence-electron chi connectivity index (χ3n) is 5.81. The minimum absolute atomic E-state index is 0.188. The van der Waals surface area contributed by atoms with Gasteiger partial charge in [-0.05, 0) is 32.0 Å². The second-order valence-electron chi connectivity index (χ2n) is 8.69. The van der Waals surface area contributed by atoms with Gasteiger partial charge >= 0.3 is 5.69 Å². The van der Waals surface area contributed by atoms with Gasteiger partial charge in [-0.25, -0.2) is 9.36 Å². The number of fused-ring (bicyclic) bond motifs is 3. The Kier molecular flexibility index (Phi) is 5.35. The van der Waals surface area contributed by atoms with Crippen LogP contribution in [0.2, 0.25) is 5.02 Å². The molecule has 33 heavy (non-hydrogen) atoms. The number of halogens is 1. The molecule has 6 nitrogen and oxygen atoms in total. The van der Waals surface area contributed by atoms with E-state index in [2.05, 4.69) is 0 Å². The fraction of sp³-hybridized carbons (Fsp3) is 0.240. The highest BCUT2D eigenvalue weighted by molar-refractivity contribution is 7.19. The van der Waals surface area contributed by atoms with Crippen LogP contribution >= 0.6 is 22.9 Å². The van der Waals surface area contributed by atoms with Crippen molar-refractivity contribution in [1.82, 2.24) is 9.13 Å². The van der Waals surface area contributed by atoms with E-state index in [1.807, 2.05) is 19.9 Å². The average molecular weight is 481 g/mol. The van der Waals surface area contributed by atoms with Crippen LogP contribution in [0.1, 0.15) is 34.6 Å². The molecule has 0 fully saturated rings. The maximum Gasteiger partial charge on any atom is 0.336 e. The summed E-state index contributed by atoms with van der Waals surface area (Å²) in [6.07, 6.45) is 0.624. The molecule has 5 rings (SSSR count). The molecule has 8 heteroatoms. The predicted octanol–water partition coefficient (Wildman–Crippen LogP) is 4.60. The molecule has 1 aliphatic heterocycles. The Morgan fingerprint density at radius 1 is 1.12 bits per heavy atom. The largest absolute Gasteiger partial charge is 0.370 e. The molecule has 0 amide bonds. The lowest BCUT2D eigenvalue weighted by molar-refractivity contribution is -0.0384. The van der Waals surface area contributed by atoms with E-state index in [-0.39, 0.29) is 24.5 Å². The number of hydrogen-bond donors (Lipinski definition) is 0. The summed E-state index contributed by atoms with van der Waals surface area (Å²) in [5, 5.41) is 0.409. The monoisotopic (exact) mass is 480 g/mol. The summed E-state index contributed by atoms with van der Waals surface area (Å²) in [6.45, 7) is 4.09. The topological polar surface area (TPSA) is 70.3 Å². The number of benzene rings is 2. The summed E-state index contributed by atoms with van der Waals surface area (Å²) >= 11 is 7.51. The number of carbonyl (C=O) groups is 1. The van der Waals surface area contributed by atoms with Crippen LogP contribution < -0.4 is 11.2 Å². The molecule has 2 aromatic heterocycles. The van der Waals surface area contributed by atoms with Crippen molar-refractivity contribution < 1.29 is 9.53 Å². The average Bonchev–Trinajstić information content (AvgIpc) is 3.15.